The van der Waals surface area contributed by atoms with Crippen LogP contribution in [0.15, 0.2) is 52.4 Å². The molecule has 0 aliphatic carbocycles. The Morgan fingerprint density at radius 2 is 1.90 bits per heavy atom. The van der Waals surface area contributed by atoms with Crippen LogP contribution in [0.5, 0.6) is 0 Å². The Morgan fingerprint density at radius 3 is 2.52 bits per heavy atom. The van der Waals surface area contributed by atoms with E-state index in [2.05, 4.69) is 19.9 Å². The number of benzene rings is 1. The van der Waals surface area contributed by atoms with Gasteiger partial charge >= 0.3 is 5.51 Å². The van der Waals surface area contributed by atoms with Crippen molar-refractivity contribution in [1.29, 1.82) is 0 Å². The van der Waals surface area contributed by atoms with Gasteiger partial charge in [-0.2, -0.15) is 13.2 Å². The van der Waals surface area contributed by atoms with Crippen LogP contribution < -0.4 is 5.56 Å². The highest BCUT2D eigenvalue weighted by molar-refractivity contribution is 8.00. The molecule has 31 heavy (non-hydrogen) atoms. The van der Waals surface area contributed by atoms with E-state index in [4.69, 9.17) is 0 Å². The fraction of sp³-hybridized carbons (Fsp3) is 0.250. The van der Waals surface area contributed by atoms with Crippen LogP contribution in [0.4, 0.5) is 17.6 Å². The second-order valence-electron chi connectivity index (χ2n) is 6.52. The Kier molecular flexibility index (Phi) is 6.84. The van der Waals surface area contributed by atoms with E-state index >= 15 is 0 Å². The summed E-state index contributed by atoms with van der Waals surface area (Å²) in [4.78, 5) is 38.7. The van der Waals surface area contributed by atoms with Crippen molar-refractivity contribution in [3.8, 4) is 11.6 Å². The van der Waals surface area contributed by atoms with E-state index < -0.39 is 45.2 Å². The second kappa shape index (κ2) is 9.38. The second-order valence-corrected chi connectivity index (χ2v) is 7.63. The molecule has 0 aliphatic rings. The average molecular weight is 452 g/mol. The Balaban J connectivity index is 1.83. The summed E-state index contributed by atoms with van der Waals surface area (Å²) in [6.07, 6.45) is 3.24. The molecule has 2 aromatic heterocycles. The van der Waals surface area contributed by atoms with Gasteiger partial charge in [0.2, 0.25) is 0 Å². The molecule has 0 radical (unpaired) electrons. The molecule has 3 rings (SSSR count). The van der Waals surface area contributed by atoms with Gasteiger partial charge in [-0.3, -0.25) is 9.59 Å². The number of aromatic nitrogens is 4. The van der Waals surface area contributed by atoms with Crippen LogP contribution in [0.25, 0.3) is 11.6 Å². The van der Waals surface area contributed by atoms with E-state index in [-0.39, 0.29) is 23.8 Å². The van der Waals surface area contributed by atoms with Crippen molar-refractivity contribution in [2.75, 3.05) is 0 Å². The van der Waals surface area contributed by atoms with Crippen LogP contribution in [-0.2, 0) is 0 Å². The molecule has 162 valence electrons. The van der Waals surface area contributed by atoms with Crippen molar-refractivity contribution < 1.29 is 22.4 Å². The van der Waals surface area contributed by atoms with Gasteiger partial charge in [0.25, 0.3) is 5.56 Å². The summed E-state index contributed by atoms with van der Waals surface area (Å²) >= 11 is -0.535. The number of aromatic amines is 1. The summed E-state index contributed by atoms with van der Waals surface area (Å²) in [5.41, 5.74) is -4.88. The van der Waals surface area contributed by atoms with Crippen molar-refractivity contribution >= 4 is 17.5 Å². The van der Waals surface area contributed by atoms with Crippen molar-refractivity contribution in [2.45, 2.75) is 36.1 Å². The van der Waals surface area contributed by atoms with Crippen LogP contribution >= 0.6 is 11.8 Å². The zero-order chi connectivity index (χ0) is 22.6. The lowest BCUT2D eigenvalue weighted by Crippen LogP contribution is -2.16. The first kappa shape index (κ1) is 22.6. The number of thioether (sulfide) groups is 1. The van der Waals surface area contributed by atoms with Gasteiger partial charge in [0.15, 0.2) is 17.4 Å². The number of alkyl halides is 3. The molecule has 1 atom stereocenters. The molecule has 0 saturated carbocycles. The first-order valence-electron chi connectivity index (χ1n) is 9.13. The van der Waals surface area contributed by atoms with Gasteiger partial charge < -0.3 is 4.98 Å². The largest absolute Gasteiger partial charge is 0.446 e. The number of halogens is 4. The van der Waals surface area contributed by atoms with E-state index in [9.17, 15) is 27.2 Å². The molecule has 0 spiro atoms. The predicted octanol–water partition coefficient (Wildman–Crippen LogP) is 4.74. The van der Waals surface area contributed by atoms with Gasteiger partial charge in [-0.25, -0.2) is 19.3 Å². The van der Waals surface area contributed by atoms with Crippen molar-refractivity contribution in [1.82, 2.24) is 19.9 Å². The van der Waals surface area contributed by atoms with Gasteiger partial charge in [-0.1, -0.05) is 13.0 Å². The molecule has 0 fully saturated rings. The van der Waals surface area contributed by atoms with Gasteiger partial charge in [0.05, 0.1) is 4.90 Å². The Morgan fingerprint density at radius 1 is 1.19 bits per heavy atom. The normalized spacial score (nSPS) is 12.5. The highest BCUT2D eigenvalue weighted by atomic mass is 32.2. The zero-order valence-corrected chi connectivity index (χ0v) is 16.9. The molecule has 0 unspecified atom stereocenters. The van der Waals surface area contributed by atoms with Crippen LogP contribution in [0.3, 0.4) is 0 Å². The lowest BCUT2D eigenvalue weighted by molar-refractivity contribution is -0.0329. The Hall–Kier alpha value is -3.08. The molecule has 1 N–H and O–H groups in total. The topological polar surface area (TPSA) is 88.6 Å². The SMILES string of the molecule is CC[C@@H](CC(=O)c1cc(=O)[nH]c(-c2ncccn2)n1)c1ccc(SC(F)(F)F)c(F)c1. The number of hydrogen-bond acceptors (Lipinski definition) is 6. The van der Waals surface area contributed by atoms with E-state index in [1.807, 2.05) is 0 Å². The van der Waals surface area contributed by atoms with Gasteiger partial charge in [-0.15, -0.1) is 0 Å². The number of carbonyl (C=O) groups excluding carboxylic acids is 1. The van der Waals surface area contributed by atoms with E-state index in [1.54, 1.807) is 13.0 Å². The summed E-state index contributed by atoms with van der Waals surface area (Å²) in [6.45, 7) is 1.77. The Bertz CT molecular complexity index is 1140. The van der Waals surface area contributed by atoms with Crippen LogP contribution in [0.1, 0.15) is 41.7 Å². The molecule has 3 aromatic rings. The Labute approximate surface area is 178 Å². The molecule has 0 bridgehead atoms. The third-order valence-corrected chi connectivity index (χ3v) is 5.17. The maximum Gasteiger partial charge on any atom is 0.446 e. The summed E-state index contributed by atoms with van der Waals surface area (Å²) in [7, 11) is 0. The standard InChI is InChI=1S/C20H16F4N4O2S/c1-2-11(12-4-5-16(13(21)8-12)31-20(22,23)24)9-15(29)14-10-17(30)28-19(27-14)18-25-6-3-7-26-18/h3-8,10-11H,2,9H2,1H3,(H,27,28,30)/t11-/m0/s1. The number of carbonyl (C=O) groups is 1. The quantitative estimate of drug-likeness (QED) is 0.316. The molecular formula is C20H16F4N4O2S. The number of nitrogens with zero attached hydrogens (tertiary/aromatic N) is 3. The minimum absolute atomic E-state index is 0.0315. The molecule has 2 heterocycles. The van der Waals surface area contributed by atoms with Crippen molar-refractivity contribution in [2.24, 2.45) is 0 Å². The number of ketones is 1. The minimum atomic E-state index is -4.60. The maximum atomic E-state index is 14.2. The first-order valence-corrected chi connectivity index (χ1v) is 9.95. The molecule has 0 aliphatic heterocycles. The predicted molar refractivity (Wildman–Crippen MR) is 106 cm³/mol. The summed E-state index contributed by atoms with van der Waals surface area (Å²) in [5, 5.41) is 0. The minimum Gasteiger partial charge on any atom is -0.304 e. The lowest BCUT2D eigenvalue weighted by atomic mass is 9.90. The molecule has 6 nitrogen and oxygen atoms in total. The molecule has 0 amide bonds. The zero-order valence-electron chi connectivity index (χ0n) is 16.1. The smallest absolute Gasteiger partial charge is 0.304 e. The van der Waals surface area contributed by atoms with Crippen LogP contribution in [0.2, 0.25) is 0 Å². The highest BCUT2D eigenvalue weighted by Crippen LogP contribution is 2.39. The van der Waals surface area contributed by atoms with Gasteiger partial charge in [-0.05, 0) is 47.9 Å². The molecular weight excluding hydrogens is 436 g/mol. The molecule has 11 heteroatoms. The van der Waals surface area contributed by atoms with Crippen molar-refractivity contribution in [3.63, 3.8) is 0 Å². The fourth-order valence-electron chi connectivity index (χ4n) is 2.93. The first-order chi connectivity index (χ1) is 14.7. The van der Waals surface area contributed by atoms with Crippen LogP contribution in [0, 0.1) is 5.82 Å². The summed E-state index contributed by atoms with van der Waals surface area (Å²) in [5.74, 6) is -1.78. The fourth-order valence-corrected chi connectivity index (χ4v) is 3.47. The molecule has 1 aromatic carbocycles. The van der Waals surface area contributed by atoms with Gasteiger partial charge in [0, 0.05) is 24.9 Å². The lowest BCUT2D eigenvalue weighted by Gasteiger charge is -2.16. The summed E-state index contributed by atoms with van der Waals surface area (Å²) in [6, 6.07) is 6.05. The van der Waals surface area contributed by atoms with E-state index in [0.717, 1.165) is 18.2 Å². The number of rotatable bonds is 7. The molecule has 0 saturated heterocycles. The third-order valence-electron chi connectivity index (χ3n) is 4.38. The van der Waals surface area contributed by atoms with Gasteiger partial charge in [0.1, 0.15) is 11.5 Å². The van der Waals surface area contributed by atoms with E-state index in [0.29, 0.717) is 12.0 Å². The number of Topliss-reactive ketones (excluding diaryl/α,β-unsaturated/α-hetero) is 1. The monoisotopic (exact) mass is 452 g/mol. The highest BCUT2D eigenvalue weighted by Gasteiger charge is 2.31. The van der Waals surface area contributed by atoms with E-state index in [1.165, 1.54) is 18.5 Å². The summed E-state index contributed by atoms with van der Waals surface area (Å²) < 4.78 is 51.7. The number of hydrogen-bond donors (Lipinski definition) is 1. The van der Waals surface area contributed by atoms with Crippen molar-refractivity contribution in [3.05, 3.63) is 70.2 Å². The van der Waals surface area contributed by atoms with Crippen LogP contribution in [-0.4, -0.2) is 31.2 Å². The number of H-pyrrole nitrogens is 1. The maximum absolute atomic E-state index is 14.2. The average Bonchev–Trinajstić information content (AvgIpc) is 2.72. The number of nitrogens with one attached hydrogen (secondary N) is 1. The third kappa shape index (κ3) is 5.97.